The summed E-state index contributed by atoms with van der Waals surface area (Å²) in [6.07, 6.45) is 0. The molecule has 0 saturated carbocycles. The molecule has 31 heavy (non-hydrogen) atoms. The number of nitrogens with one attached hydrogen (secondary N) is 2. The molecule has 166 valence electrons. The van der Waals surface area contributed by atoms with Crippen molar-refractivity contribution in [1.82, 2.24) is 30.2 Å². The molecule has 0 bridgehead atoms. The highest BCUT2D eigenvalue weighted by Gasteiger charge is 2.32. The van der Waals surface area contributed by atoms with Crippen molar-refractivity contribution in [2.45, 2.75) is 25.9 Å². The van der Waals surface area contributed by atoms with E-state index in [-0.39, 0.29) is 18.0 Å². The lowest BCUT2D eigenvalue weighted by molar-refractivity contribution is -0.136. The van der Waals surface area contributed by atoms with Crippen LogP contribution in [0.5, 0.6) is 0 Å². The highest BCUT2D eigenvalue weighted by Crippen LogP contribution is 2.26. The van der Waals surface area contributed by atoms with Gasteiger partial charge in [-0.05, 0) is 13.8 Å². The van der Waals surface area contributed by atoms with Gasteiger partial charge in [0.05, 0.1) is 6.04 Å². The Kier molecular flexibility index (Phi) is 6.79. The average molecular weight is 444 g/mol. The van der Waals surface area contributed by atoms with Crippen molar-refractivity contribution in [1.29, 1.82) is 0 Å². The van der Waals surface area contributed by atoms with E-state index in [0.29, 0.717) is 37.4 Å². The lowest BCUT2D eigenvalue weighted by atomic mass is 10.1. The molecule has 2 saturated heterocycles. The molecular weight excluding hydrogens is 414 g/mol. The molecular formula is C21H29N7O2S. The molecule has 0 aliphatic carbocycles. The van der Waals surface area contributed by atoms with Crippen molar-refractivity contribution >= 4 is 28.4 Å². The molecule has 1 aromatic carbocycles. The fraction of sp³-hybridized carbons (Fsp3) is 0.524. The predicted octanol–water partition coefficient (Wildman–Crippen LogP) is 1.56. The minimum Gasteiger partial charge on any atom is -0.338 e. The zero-order valence-corrected chi connectivity index (χ0v) is 18.8. The van der Waals surface area contributed by atoms with Crippen LogP contribution < -0.4 is 10.6 Å². The quantitative estimate of drug-likeness (QED) is 0.745. The summed E-state index contributed by atoms with van der Waals surface area (Å²) in [5, 5.41) is 15.7. The zero-order valence-electron chi connectivity index (χ0n) is 18.0. The van der Waals surface area contributed by atoms with Gasteiger partial charge < -0.3 is 15.1 Å². The molecule has 0 spiro atoms. The standard InChI is InChI=1S/C21H29N7O2S/c1-15(2)28-9-8-22-17(14-28)19(29)26-10-12-27(13-11-26)21(30)23-20-25-24-18(31-20)16-6-4-3-5-7-16/h3-7,15,17,22H,8-14H2,1-2H3,(H,23,25,30)/t17-/m1/s1. The molecule has 1 atom stereocenters. The van der Waals surface area contributed by atoms with Crippen molar-refractivity contribution in [3.05, 3.63) is 30.3 Å². The summed E-state index contributed by atoms with van der Waals surface area (Å²) in [6.45, 7) is 8.92. The van der Waals surface area contributed by atoms with Crippen LogP contribution in [0.3, 0.4) is 0 Å². The number of nitrogens with zero attached hydrogens (tertiary/aromatic N) is 5. The predicted molar refractivity (Wildman–Crippen MR) is 121 cm³/mol. The van der Waals surface area contributed by atoms with Gasteiger partial charge in [-0.1, -0.05) is 41.7 Å². The van der Waals surface area contributed by atoms with E-state index in [9.17, 15) is 9.59 Å². The summed E-state index contributed by atoms with van der Waals surface area (Å²) in [6, 6.07) is 9.81. The summed E-state index contributed by atoms with van der Waals surface area (Å²) in [5.41, 5.74) is 0.972. The number of piperazine rings is 2. The van der Waals surface area contributed by atoms with Crippen molar-refractivity contribution in [3.8, 4) is 10.6 Å². The lowest BCUT2D eigenvalue weighted by Gasteiger charge is -2.40. The first-order valence-electron chi connectivity index (χ1n) is 10.7. The molecule has 3 amide bonds. The molecule has 0 unspecified atom stereocenters. The van der Waals surface area contributed by atoms with Crippen molar-refractivity contribution in [2.75, 3.05) is 51.1 Å². The van der Waals surface area contributed by atoms with Gasteiger partial charge in [-0.3, -0.25) is 15.0 Å². The lowest BCUT2D eigenvalue weighted by Crippen LogP contribution is -2.61. The molecule has 10 heteroatoms. The van der Waals surface area contributed by atoms with Crippen LogP contribution in [0.15, 0.2) is 30.3 Å². The summed E-state index contributed by atoms with van der Waals surface area (Å²) < 4.78 is 0. The van der Waals surface area contributed by atoms with E-state index < -0.39 is 0 Å². The number of hydrogen-bond donors (Lipinski definition) is 2. The number of benzene rings is 1. The van der Waals surface area contributed by atoms with E-state index in [4.69, 9.17) is 0 Å². The maximum Gasteiger partial charge on any atom is 0.323 e. The van der Waals surface area contributed by atoms with Crippen LogP contribution in [-0.4, -0.2) is 94.7 Å². The maximum absolute atomic E-state index is 12.9. The maximum atomic E-state index is 12.9. The second kappa shape index (κ2) is 9.71. The Hall–Kier alpha value is -2.56. The van der Waals surface area contributed by atoms with Gasteiger partial charge in [0.15, 0.2) is 0 Å². The van der Waals surface area contributed by atoms with E-state index in [1.807, 2.05) is 35.2 Å². The first-order valence-corrected chi connectivity index (χ1v) is 11.5. The minimum absolute atomic E-state index is 0.127. The van der Waals surface area contributed by atoms with Gasteiger partial charge in [0, 0.05) is 57.4 Å². The van der Waals surface area contributed by atoms with Gasteiger partial charge in [-0.2, -0.15) is 0 Å². The second-order valence-electron chi connectivity index (χ2n) is 8.12. The van der Waals surface area contributed by atoms with E-state index in [2.05, 4.69) is 39.6 Å². The Morgan fingerprint density at radius 1 is 1.06 bits per heavy atom. The number of amides is 3. The molecule has 0 radical (unpaired) electrons. The van der Waals surface area contributed by atoms with E-state index in [1.54, 1.807) is 4.90 Å². The SMILES string of the molecule is CC(C)N1CCN[C@@H](C(=O)N2CCN(C(=O)Nc3nnc(-c4ccccc4)s3)CC2)C1. The number of hydrogen-bond acceptors (Lipinski definition) is 7. The highest BCUT2D eigenvalue weighted by molar-refractivity contribution is 7.18. The number of rotatable bonds is 4. The topological polar surface area (TPSA) is 93.7 Å². The fourth-order valence-electron chi connectivity index (χ4n) is 3.90. The molecule has 2 N–H and O–H groups in total. The summed E-state index contributed by atoms with van der Waals surface area (Å²) in [5.74, 6) is 0.127. The van der Waals surface area contributed by atoms with Gasteiger partial charge in [-0.15, -0.1) is 10.2 Å². The van der Waals surface area contributed by atoms with Gasteiger partial charge >= 0.3 is 6.03 Å². The average Bonchev–Trinajstić information content (AvgIpc) is 3.28. The third-order valence-corrected chi connectivity index (χ3v) is 6.66. The van der Waals surface area contributed by atoms with Gasteiger partial charge in [0.25, 0.3) is 0 Å². The summed E-state index contributed by atoms with van der Waals surface area (Å²) in [7, 11) is 0. The van der Waals surface area contributed by atoms with E-state index >= 15 is 0 Å². The number of carbonyl (C=O) groups excluding carboxylic acids is 2. The number of urea groups is 1. The van der Waals surface area contributed by atoms with Crippen LogP contribution in [0.4, 0.5) is 9.93 Å². The molecule has 4 rings (SSSR count). The Morgan fingerprint density at radius 3 is 2.48 bits per heavy atom. The molecule has 2 fully saturated rings. The van der Waals surface area contributed by atoms with E-state index in [1.165, 1.54) is 11.3 Å². The van der Waals surface area contributed by atoms with Crippen LogP contribution in [-0.2, 0) is 4.79 Å². The van der Waals surface area contributed by atoms with Crippen LogP contribution in [0.1, 0.15) is 13.8 Å². The highest BCUT2D eigenvalue weighted by atomic mass is 32.1. The van der Waals surface area contributed by atoms with Crippen molar-refractivity contribution < 1.29 is 9.59 Å². The van der Waals surface area contributed by atoms with Gasteiger partial charge in [0.2, 0.25) is 11.0 Å². The molecule has 3 heterocycles. The fourth-order valence-corrected chi connectivity index (χ4v) is 4.64. The molecule has 1 aromatic heterocycles. The first kappa shape index (κ1) is 21.7. The number of carbonyl (C=O) groups is 2. The monoisotopic (exact) mass is 443 g/mol. The Morgan fingerprint density at radius 2 is 1.77 bits per heavy atom. The Labute approximate surface area is 186 Å². The first-order chi connectivity index (χ1) is 15.0. The molecule has 9 nitrogen and oxygen atoms in total. The normalized spacial score (nSPS) is 20.2. The van der Waals surface area contributed by atoms with Crippen LogP contribution in [0.2, 0.25) is 0 Å². The third-order valence-electron chi connectivity index (χ3n) is 5.77. The van der Waals surface area contributed by atoms with Crippen molar-refractivity contribution in [2.24, 2.45) is 0 Å². The van der Waals surface area contributed by atoms with Gasteiger partial charge in [-0.25, -0.2) is 4.79 Å². The van der Waals surface area contributed by atoms with Crippen LogP contribution in [0.25, 0.3) is 10.6 Å². The van der Waals surface area contributed by atoms with Crippen LogP contribution >= 0.6 is 11.3 Å². The van der Waals surface area contributed by atoms with Gasteiger partial charge in [0.1, 0.15) is 5.01 Å². The number of anilines is 1. The second-order valence-corrected chi connectivity index (χ2v) is 9.09. The summed E-state index contributed by atoms with van der Waals surface area (Å²) >= 11 is 1.35. The van der Waals surface area contributed by atoms with E-state index in [0.717, 1.165) is 30.2 Å². The van der Waals surface area contributed by atoms with Crippen LogP contribution in [0, 0.1) is 0 Å². The molecule has 2 aromatic rings. The third kappa shape index (κ3) is 5.20. The summed E-state index contributed by atoms with van der Waals surface area (Å²) in [4.78, 5) is 31.5. The largest absolute Gasteiger partial charge is 0.338 e. The molecule has 2 aliphatic rings. The minimum atomic E-state index is -0.204. The molecule has 2 aliphatic heterocycles. The Balaban J connectivity index is 1.27. The smallest absolute Gasteiger partial charge is 0.323 e. The zero-order chi connectivity index (χ0) is 21.8. The Bertz CT molecular complexity index is 896. The number of aromatic nitrogens is 2. The van der Waals surface area contributed by atoms with Crippen molar-refractivity contribution in [3.63, 3.8) is 0 Å².